The van der Waals surface area contributed by atoms with Crippen LogP contribution in [0.1, 0.15) is 19.2 Å². The van der Waals surface area contributed by atoms with Crippen molar-refractivity contribution >= 4 is 11.9 Å². The van der Waals surface area contributed by atoms with E-state index in [0.717, 1.165) is 5.56 Å². The summed E-state index contributed by atoms with van der Waals surface area (Å²) < 4.78 is 15.2. The molecule has 0 saturated carbocycles. The van der Waals surface area contributed by atoms with E-state index in [-0.39, 0.29) is 31.4 Å². The number of hydrogen-bond acceptors (Lipinski definition) is 7. The predicted molar refractivity (Wildman–Crippen MR) is 79.4 cm³/mol. The number of amides is 1. The first-order valence-electron chi connectivity index (χ1n) is 6.95. The lowest BCUT2D eigenvalue weighted by Gasteiger charge is -2.02. The fourth-order valence-electron chi connectivity index (χ4n) is 1.75. The maximum Gasteiger partial charge on any atom is 0.308 e. The molecular weight excluding hydrogens is 302 g/mol. The average Bonchev–Trinajstić information content (AvgIpc) is 3.01. The zero-order valence-corrected chi connectivity index (χ0v) is 12.9. The number of carbonyl (C=O) groups excluding carboxylic acids is 2. The van der Waals surface area contributed by atoms with Crippen molar-refractivity contribution in [3.8, 4) is 17.1 Å². The molecule has 0 aliphatic heterocycles. The molecule has 2 rings (SSSR count). The van der Waals surface area contributed by atoms with Crippen LogP contribution in [-0.4, -0.2) is 35.7 Å². The Hall–Kier alpha value is -2.90. The molecular formula is C15H17N3O5. The van der Waals surface area contributed by atoms with Crippen molar-refractivity contribution in [2.24, 2.45) is 0 Å². The Balaban J connectivity index is 1.87. The van der Waals surface area contributed by atoms with Gasteiger partial charge in [-0.05, 0) is 12.1 Å². The summed E-state index contributed by atoms with van der Waals surface area (Å²) in [5, 5.41) is 6.34. The Morgan fingerprint density at radius 1 is 1.35 bits per heavy atom. The van der Waals surface area contributed by atoms with Gasteiger partial charge in [-0.2, -0.15) is 4.98 Å². The van der Waals surface area contributed by atoms with E-state index in [1.165, 1.54) is 6.92 Å². The van der Waals surface area contributed by atoms with E-state index in [2.05, 4.69) is 15.5 Å². The van der Waals surface area contributed by atoms with E-state index in [4.69, 9.17) is 14.0 Å². The highest BCUT2D eigenvalue weighted by atomic mass is 16.6. The van der Waals surface area contributed by atoms with E-state index in [0.29, 0.717) is 11.6 Å². The fourth-order valence-corrected chi connectivity index (χ4v) is 1.75. The largest absolute Gasteiger partial charge is 0.497 e. The highest BCUT2D eigenvalue weighted by Crippen LogP contribution is 2.21. The number of methoxy groups -OCH3 is 1. The highest BCUT2D eigenvalue weighted by Gasteiger charge is 2.11. The van der Waals surface area contributed by atoms with Gasteiger partial charge in [0.15, 0.2) is 6.61 Å². The van der Waals surface area contributed by atoms with Gasteiger partial charge in [0.25, 0.3) is 5.89 Å². The predicted octanol–water partition coefficient (Wildman–Crippen LogP) is 1.31. The van der Waals surface area contributed by atoms with Crippen LogP contribution in [0.2, 0.25) is 0 Å². The molecule has 1 aromatic carbocycles. The van der Waals surface area contributed by atoms with Gasteiger partial charge in [0, 0.05) is 19.0 Å². The number of carbonyl (C=O) groups is 2. The van der Waals surface area contributed by atoms with Gasteiger partial charge in [0.05, 0.1) is 13.5 Å². The van der Waals surface area contributed by atoms with Gasteiger partial charge in [-0.15, -0.1) is 0 Å². The molecule has 0 fully saturated rings. The third kappa shape index (κ3) is 5.10. The standard InChI is InChI=1S/C15H17N3O5/c1-10(19)16-7-6-14(20)22-9-13-17-15(18-23-13)11-4-3-5-12(8-11)21-2/h3-5,8H,6-7,9H2,1-2H3,(H,16,19). The van der Waals surface area contributed by atoms with E-state index in [1.807, 2.05) is 12.1 Å². The lowest BCUT2D eigenvalue weighted by molar-refractivity contribution is -0.145. The molecule has 0 aliphatic carbocycles. The Kier molecular flexibility index (Phi) is 5.67. The number of hydrogen-bond donors (Lipinski definition) is 1. The Labute approximate surface area is 132 Å². The summed E-state index contributed by atoms with van der Waals surface area (Å²) in [6.45, 7) is 1.49. The monoisotopic (exact) mass is 319 g/mol. The van der Waals surface area contributed by atoms with Crippen LogP contribution in [-0.2, 0) is 20.9 Å². The SMILES string of the molecule is COc1cccc(-c2noc(COC(=O)CCNC(C)=O)n2)c1. The Morgan fingerprint density at radius 2 is 2.17 bits per heavy atom. The molecule has 0 bridgehead atoms. The van der Waals surface area contributed by atoms with Gasteiger partial charge in [0.1, 0.15) is 5.75 Å². The second-order valence-corrected chi connectivity index (χ2v) is 4.64. The Morgan fingerprint density at radius 3 is 2.91 bits per heavy atom. The van der Waals surface area contributed by atoms with Crippen LogP contribution in [0.3, 0.4) is 0 Å². The number of ether oxygens (including phenoxy) is 2. The number of nitrogens with one attached hydrogen (secondary N) is 1. The lowest BCUT2D eigenvalue weighted by Crippen LogP contribution is -2.23. The van der Waals surface area contributed by atoms with E-state index in [9.17, 15) is 9.59 Å². The zero-order chi connectivity index (χ0) is 16.7. The maximum absolute atomic E-state index is 11.5. The summed E-state index contributed by atoms with van der Waals surface area (Å²) in [6, 6.07) is 7.21. The molecule has 0 spiro atoms. The smallest absolute Gasteiger partial charge is 0.308 e. The van der Waals surface area contributed by atoms with Crippen LogP contribution >= 0.6 is 0 Å². The van der Waals surface area contributed by atoms with Gasteiger partial charge in [-0.1, -0.05) is 17.3 Å². The van der Waals surface area contributed by atoms with Crippen molar-refractivity contribution < 1.29 is 23.6 Å². The maximum atomic E-state index is 11.5. The van der Waals surface area contributed by atoms with Crippen molar-refractivity contribution in [3.63, 3.8) is 0 Å². The first-order chi connectivity index (χ1) is 11.1. The number of nitrogens with zero attached hydrogens (tertiary/aromatic N) is 2. The van der Waals surface area contributed by atoms with Crippen LogP contribution < -0.4 is 10.1 Å². The average molecular weight is 319 g/mol. The number of benzene rings is 1. The summed E-state index contributed by atoms with van der Waals surface area (Å²) in [7, 11) is 1.57. The molecule has 0 atom stereocenters. The van der Waals surface area contributed by atoms with Gasteiger partial charge in [-0.25, -0.2) is 0 Å². The summed E-state index contributed by atoms with van der Waals surface area (Å²) in [4.78, 5) is 26.3. The van der Waals surface area contributed by atoms with Crippen LogP contribution in [0.4, 0.5) is 0 Å². The van der Waals surface area contributed by atoms with Crippen LogP contribution in [0.25, 0.3) is 11.4 Å². The van der Waals surface area contributed by atoms with Crippen LogP contribution in [0.5, 0.6) is 5.75 Å². The molecule has 8 heteroatoms. The molecule has 0 aliphatic rings. The molecule has 0 unspecified atom stereocenters. The molecule has 0 radical (unpaired) electrons. The summed E-state index contributed by atoms with van der Waals surface area (Å²) >= 11 is 0. The number of rotatable bonds is 7. The molecule has 1 heterocycles. The van der Waals surface area contributed by atoms with Gasteiger partial charge in [-0.3, -0.25) is 9.59 Å². The molecule has 1 N–H and O–H groups in total. The minimum atomic E-state index is -0.458. The summed E-state index contributed by atoms with van der Waals surface area (Å²) in [5.74, 6) is 0.597. The minimum Gasteiger partial charge on any atom is -0.497 e. The van der Waals surface area contributed by atoms with Crippen LogP contribution in [0.15, 0.2) is 28.8 Å². The molecule has 1 aromatic heterocycles. The van der Waals surface area contributed by atoms with Crippen molar-refractivity contribution in [2.75, 3.05) is 13.7 Å². The van der Waals surface area contributed by atoms with Crippen LogP contribution in [0, 0.1) is 0 Å². The Bertz CT molecular complexity index is 683. The normalized spacial score (nSPS) is 10.2. The molecule has 0 saturated heterocycles. The summed E-state index contributed by atoms with van der Waals surface area (Å²) in [5.41, 5.74) is 0.733. The third-order valence-corrected chi connectivity index (χ3v) is 2.86. The van der Waals surface area contributed by atoms with Gasteiger partial charge in [0.2, 0.25) is 11.7 Å². The van der Waals surface area contributed by atoms with Crippen molar-refractivity contribution in [1.82, 2.24) is 15.5 Å². The summed E-state index contributed by atoms with van der Waals surface area (Å²) in [6.07, 6.45) is 0.0798. The molecule has 8 nitrogen and oxygen atoms in total. The second-order valence-electron chi connectivity index (χ2n) is 4.64. The minimum absolute atomic E-state index is 0.0798. The first kappa shape index (κ1) is 16.5. The molecule has 2 aromatic rings. The number of aromatic nitrogens is 2. The lowest BCUT2D eigenvalue weighted by atomic mass is 10.2. The zero-order valence-electron chi connectivity index (χ0n) is 12.9. The second kappa shape index (κ2) is 7.92. The van der Waals surface area contributed by atoms with E-state index < -0.39 is 5.97 Å². The number of esters is 1. The fraction of sp³-hybridized carbons (Fsp3) is 0.333. The van der Waals surface area contributed by atoms with E-state index in [1.54, 1.807) is 19.2 Å². The van der Waals surface area contributed by atoms with E-state index >= 15 is 0 Å². The molecule has 122 valence electrons. The molecule has 23 heavy (non-hydrogen) atoms. The quantitative estimate of drug-likeness (QED) is 0.767. The van der Waals surface area contributed by atoms with Gasteiger partial charge >= 0.3 is 5.97 Å². The highest BCUT2D eigenvalue weighted by molar-refractivity contribution is 5.74. The molecule has 1 amide bonds. The van der Waals surface area contributed by atoms with Gasteiger partial charge < -0.3 is 19.3 Å². The topological polar surface area (TPSA) is 104 Å². The first-order valence-corrected chi connectivity index (χ1v) is 6.95. The third-order valence-electron chi connectivity index (χ3n) is 2.86. The van der Waals surface area contributed by atoms with Crippen molar-refractivity contribution in [1.29, 1.82) is 0 Å². The van der Waals surface area contributed by atoms with Crippen molar-refractivity contribution in [3.05, 3.63) is 30.2 Å². The van der Waals surface area contributed by atoms with Crippen molar-refractivity contribution in [2.45, 2.75) is 20.0 Å².